The van der Waals surface area contributed by atoms with Crippen molar-refractivity contribution in [2.45, 2.75) is 39.5 Å². The molecule has 0 aromatic heterocycles. The monoisotopic (exact) mass is 333 g/mol. The second kappa shape index (κ2) is 9.30. The zero-order valence-corrected chi connectivity index (χ0v) is 14.6. The number of carbonyl (C=O) groups excluding carboxylic acids is 2. The number of hydrogen-bond acceptors (Lipinski definition) is 4. The van der Waals surface area contributed by atoms with Gasteiger partial charge in [-0.05, 0) is 50.5 Å². The number of piperidine rings is 1. The second-order valence-electron chi connectivity index (χ2n) is 6.04. The molecule has 0 radical (unpaired) electrons. The summed E-state index contributed by atoms with van der Waals surface area (Å²) in [6.07, 6.45) is 3.46. The lowest BCUT2D eigenvalue weighted by Gasteiger charge is -2.31. The number of unbranched alkanes of at least 4 members (excludes halogenated alkanes) is 1. The van der Waals surface area contributed by atoms with Crippen molar-refractivity contribution < 1.29 is 19.1 Å². The molecule has 0 spiro atoms. The highest BCUT2D eigenvalue weighted by Crippen LogP contribution is 2.21. The van der Waals surface area contributed by atoms with Gasteiger partial charge in [0.15, 0.2) is 0 Å². The number of rotatable bonds is 7. The van der Waals surface area contributed by atoms with Gasteiger partial charge in [-0.1, -0.05) is 13.3 Å². The standard InChI is InChI=1S/C19H27NO4/c1-3-5-14-24-17-8-6-15(7-9-17)18(21)20-12-10-16(11-13-20)19(22)23-4-2/h6-9,16H,3-5,10-14H2,1-2H3. The van der Waals surface area contributed by atoms with Gasteiger partial charge in [-0.15, -0.1) is 0 Å². The molecule has 1 aromatic carbocycles. The molecular weight excluding hydrogens is 306 g/mol. The quantitative estimate of drug-likeness (QED) is 0.567. The summed E-state index contributed by atoms with van der Waals surface area (Å²) in [7, 11) is 0. The van der Waals surface area contributed by atoms with Crippen LogP contribution in [-0.2, 0) is 9.53 Å². The molecule has 1 amide bonds. The Morgan fingerprint density at radius 1 is 1.12 bits per heavy atom. The predicted octanol–water partition coefficient (Wildman–Crippen LogP) is 3.28. The lowest BCUT2D eigenvalue weighted by molar-refractivity contribution is -0.149. The molecule has 5 nitrogen and oxygen atoms in total. The van der Waals surface area contributed by atoms with E-state index in [0.717, 1.165) is 18.6 Å². The van der Waals surface area contributed by atoms with E-state index in [1.807, 2.05) is 24.0 Å². The molecule has 0 saturated carbocycles. The summed E-state index contributed by atoms with van der Waals surface area (Å²) in [4.78, 5) is 26.1. The number of esters is 1. The molecule has 0 bridgehead atoms. The number of ether oxygens (including phenoxy) is 2. The van der Waals surface area contributed by atoms with Crippen LogP contribution in [0.1, 0.15) is 49.9 Å². The van der Waals surface area contributed by atoms with Crippen LogP contribution in [0.2, 0.25) is 0 Å². The van der Waals surface area contributed by atoms with Gasteiger partial charge in [-0.2, -0.15) is 0 Å². The summed E-state index contributed by atoms with van der Waals surface area (Å²) in [5.41, 5.74) is 0.660. The summed E-state index contributed by atoms with van der Waals surface area (Å²) in [5.74, 6) is 0.583. The molecular formula is C19H27NO4. The molecule has 1 aliphatic heterocycles. The van der Waals surface area contributed by atoms with Gasteiger partial charge < -0.3 is 14.4 Å². The Labute approximate surface area is 143 Å². The highest BCUT2D eigenvalue weighted by Gasteiger charge is 2.28. The summed E-state index contributed by atoms with van der Waals surface area (Å²) in [6, 6.07) is 7.30. The summed E-state index contributed by atoms with van der Waals surface area (Å²) >= 11 is 0. The van der Waals surface area contributed by atoms with E-state index < -0.39 is 0 Å². The third-order valence-corrected chi connectivity index (χ3v) is 4.27. The lowest BCUT2D eigenvalue weighted by atomic mass is 9.96. The largest absolute Gasteiger partial charge is 0.494 e. The van der Waals surface area contributed by atoms with E-state index in [-0.39, 0.29) is 17.8 Å². The molecule has 0 aliphatic carbocycles. The third-order valence-electron chi connectivity index (χ3n) is 4.27. The molecule has 24 heavy (non-hydrogen) atoms. The first-order chi connectivity index (χ1) is 11.7. The number of carbonyl (C=O) groups is 2. The zero-order valence-electron chi connectivity index (χ0n) is 14.6. The van der Waals surface area contributed by atoms with Gasteiger partial charge in [0.25, 0.3) is 5.91 Å². The zero-order chi connectivity index (χ0) is 17.4. The first-order valence-corrected chi connectivity index (χ1v) is 8.84. The van der Waals surface area contributed by atoms with Crippen LogP contribution in [0.25, 0.3) is 0 Å². The number of nitrogens with zero attached hydrogens (tertiary/aromatic N) is 1. The van der Waals surface area contributed by atoms with Crippen LogP contribution in [0, 0.1) is 5.92 Å². The summed E-state index contributed by atoms with van der Waals surface area (Å²) in [5, 5.41) is 0. The number of likely N-dealkylation sites (tertiary alicyclic amines) is 1. The van der Waals surface area contributed by atoms with Crippen LogP contribution < -0.4 is 4.74 Å². The SMILES string of the molecule is CCCCOc1ccc(C(=O)N2CCC(C(=O)OCC)CC2)cc1. The second-order valence-corrected chi connectivity index (χ2v) is 6.04. The average molecular weight is 333 g/mol. The summed E-state index contributed by atoms with van der Waals surface area (Å²) in [6.45, 7) is 6.23. The molecule has 2 rings (SSSR count). The van der Waals surface area contributed by atoms with Crippen LogP contribution in [0.5, 0.6) is 5.75 Å². The Morgan fingerprint density at radius 3 is 2.38 bits per heavy atom. The molecule has 1 heterocycles. The van der Waals surface area contributed by atoms with Crippen LogP contribution in [0.3, 0.4) is 0 Å². The molecule has 1 fully saturated rings. The van der Waals surface area contributed by atoms with Crippen LogP contribution in [-0.4, -0.2) is 43.1 Å². The molecule has 5 heteroatoms. The lowest BCUT2D eigenvalue weighted by Crippen LogP contribution is -2.40. The van der Waals surface area contributed by atoms with Gasteiger partial charge in [0, 0.05) is 18.7 Å². The van der Waals surface area contributed by atoms with E-state index in [1.165, 1.54) is 0 Å². The highest BCUT2D eigenvalue weighted by atomic mass is 16.5. The molecule has 1 aliphatic rings. The Morgan fingerprint density at radius 2 is 1.79 bits per heavy atom. The van der Waals surface area contributed by atoms with Crippen molar-refractivity contribution in [3.63, 3.8) is 0 Å². The van der Waals surface area contributed by atoms with Crippen molar-refractivity contribution in [3.8, 4) is 5.75 Å². The van der Waals surface area contributed by atoms with E-state index >= 15 is 0 Å². The predicted molar refractivity (Wildman–Crippen MR) is 92.1 cm³/mol. The molecule has 0 unspecified atom stereocenters. The molecule has 132 valence electrons. The first-order valence-electron chi connectivity index (χ1n) is 8.84. The van der Waals surface area contributed by atoms with Gasteiger partial charge >= 0.3 is 5.97 Å². The molecule has 0 N–H and O–H groups in total. The number of amides is 1. The fourth-order valence-electron chi connectivity index (χ4n) is 2.79. The maximum absolute atomic E-state index is 12.5. The van der Waals surface area contributed by atoms with Crippen molar-refractivity contribution in [3.05, 3.63) is 29.8 Å². The van der Waals surface area contributed by atoms with Crippen LogP contribution >= 0.6 is 0 Å². The van der Waals surface area contributed by atoms with Gasteiger partial charge in [0.2, 0.25) is 0 Å². The topological polar surface area (TPSA) is 55.8 Å². The minimum Gasteiger partial charge on any atom is -0.494 e. The molecule has 0 atom stereocenters. The van der Waals surface area contributed by atoms with Gasteiger partial charge in [0.1, 0.15) is 5.75 Å². The smallest absolute Gasteiger partial charge is 0.309 e. The van der Waals surface area contributed by atoms with Gasteiger partial charge in [0.05, 0.1) is 19.1 Å². The fourth-order valence-corrected chi connectivity index (χ4v) is 2.79. The maximum atomic E-state index is 12.5. The number of hydrogen-bond donors (Lipinski definition) is 0. The average Bonchev–Trinajstić information content (AvgIpc) is 2.62. The number of benzene rings is 1. The highest BCUT2D eigenvalue weighted by molar-refractivity contribution is 5.94. The Bertz CT molecular complexity index is 533. The van der Waals surface area contributed by atoms with Gasteiger partial charge in [-0.25, -0.2) is 0 Å². The maximum Gasteiger partial charge on any atom is 0.309 e. The van der Waals surface area contributed by atoms with Crippen molar-refractivity contribution in [1.29, 1.82) is 0 Å². The minimum atomic E-state index is -0.141. The van der Waals surface area contributed by atoms with E-state index in [9.17, 15) is 9.59 Å². The van der Waals surface area contributed by atoms with E-state index in [2.05, 4.69) is 6.92 Å². The minimum absolute atomic E-state index is 0.0115. The van der Waals surface area contributed by atoms with Crippen LogP contribution in [0.4, 0.5) is 0 Å². The molecule has 1 saturated heterocycles. The van der Waals surface area contributed by atoms with Crippen molar-refractivity contribution in [2.24, 2.45) is 5.92 Å². The normalized spacial score (nSPS) is 15.2. The van der Waals surface area contributed by atoms with E-state index in [1.54, 1.807) is 12.1 Å². The fraction of sp³-hybridized carbons (Fsp3) is 0.579. The van der Waals surface area contributed by atoms with Crippen LogP contribution in [0.15, 0.2) is 24.3 Å². The van der Waals surface area contributed by atoms with E-state index in [4.69, 9.17) is 9.47 Å². The Hall–Kier alpha value is -2.04. The Balaban J connectivity index is 1.85. The third kappa shape index (κ3) is 4.98. The molecule has 1 aromatic rings. The van der Waals surface area contributed by atoms with Crippen molar-refractivity contribution in [2.75, 3.05) is 26.3 Å². The van der Waals surface area contributed by atoms with Gasteiger partial charge in [-0.3, -0.25) is 9.59 Å². The Kier molecular flexibility index (Phi) is 7.09. The van der Waals surface area contributed by atoms with Crippen molar-refractivity contribution >= 4 is 11.9 Å². The van der Waals surface area contributed by atoms with Crippen molar-refractivity contribution in [1.82, 2.24) is 4.90 Å². The first kappa shape index (κ1) is 18.3. The van der Waals surface area contributed by atoms with E-state index in [0.29, 0.717) is 44.7 Å². The summed E-state index contributed by atoms with van der Waals surface area (Å²) < 4.78 is 10.7.